The predicted molar refractivity (Wildman–Crippen MR) is 119 cm³/mol. The molecule has 3 aliphatic rings. The van der Waals surface area contributed by atoms with Gasteiger partial charge in [0, 0.05) is 45.1 Å². The second-order valence-electron chi connectivity index (χ2n) is 11.6. The molecule has 0 aromatic carbocycles. The third kappa shape index (κ3) is 7.11. The van der Waals surface area contributed by atoms with E-state index in [1.807, 2.05) is 32.6 Å². The van der Waals surface area contributed by atoms with E-state index in [2.05, 4.69) is 25.8 Å². The molecular formula is C24H46F2N2O2. The number of hydrogen-bond donors (Lipinski definition) is 0. The largest absolute Gasteiger partial charge is 0.381 e. The van der Waals surface area contributed by atoms with Crippen LogP contribution >= 0.6 is 0 Å². The number of nitrogens with zero attached hydrogens (tertiary/aromatic N) is 2. The van der Waals surface area contributed by atoms with Crippen molar-refractivity contribution in [1.29, 1.82) is 0 Å². The van der Waals surface area contributed by atoms with Gasteiger partial charge in [-0.05, 0) is 37.1 Å². The summed E-state index contributed by atoms with van der Waals surface area (Å²) in [7, 11) is 3.83. The summed E-state index contributed by atoms with van der Waals surface area (Å²) in [4.78, 5) is 4.21. The smallest absolute Gasteiger partial charge is 0.261 e. The van der Waals surface area contributed by atoms with Crippen molar-refractivity contribution in [3.63, 3.8) is 0 Å². The Hall–Kier alpha value is -0.300. The van der Waals surface area contributed by atoms with Crippen LogP contribution in [-0.4, -0.2) is 81.4 Å². The van der Waals surface area contributed by atoms with Gasteiger partial charge in [0.1, 0.15) is 0 Å². The van der Waals surface area contributed by atoms with E-state index < -0.39 is 11.3 Å². The highest BCUT2D eigenvalue weighted by Gasteiger charge is 2.52. The van der Waals surface area contributed by atoms with Crippen LogP contribution in [-0.2, 0) is 9.47 Å². The molecule has 4 nitrogen and oxygen atoms in total. The van der Waals surface area contributed by atoms with Gasteiger partial charge in [-0.2, -0.15) is 0 Å². The van der Waals surface area contributed by atoms with E-state index >= 15 is 0 Å². The molecule has 0 bridgehead atoms. The van der Waals surface area contributed by atoms with Gasteiger partial charge in [0.15, 0.2) is 0 Å². The molecule has 0 amide bonds. The van der Waals surface area contributed by atoms with Crippen molar-refractivity contribution in [3.05, 3.63) is 0 Å². The highest BCUT2D eigenvalue weighted by atomic mass is 19.3. The topological polar surface area (TPSA) is 24.9 Å². The molecule has 6 heteroatoms. The first-order valence-corrected chi connectivity index (χ1v) is 11.7. The van der Waals surface area contributed by atoms with Crippen LogP contribution in [0.1, 0.15) is 67.2 Å². The van der Waals surface area contributed by atoms with Gasteiger partial charge < -0.3 is 14.4 Å². The Balaban J connectivity index is 0.00000155. The number of ether oxygens (including phenoxy) is 2. The maximum Gasteiger partial charge on any atom is 0.261 e. The summed E-state index contributed by atoms with van der Waals surface area (Å²) < 4.78 is 40.9. The number of alkyl halides is 2. The van der Waals surface area contributed by atoms with Crippen LogP contribution < -0.4 is 0 Å². The minimum absolute atomic E-state index is 0.0675. The summed E-state index contributed by atoms with van der Waals surface area (Å²) in [6.07, 6.45) is 3.14. The molecule has 2 heterocycles. The molecular weight excluding hydrogens is 386 g/mol. The standard InChI is InChI=1S/C22H40F2N2O2.C2H6/c1-19(2,9-20(3,4)16-28-18-7-17(8-18)27-6)10-22(23,24)15-26-13-21(14-26)11-25(5)12-21;1-2/h17-18H,7-16H2,1-6H3;1-2H3. The summed E-state index contributed by atoms with van der Waals surface area (Å²) in [5, 5.41) is 0. The molecule has 1 spiro atoms. The fraction of sp³-hybridized carbons (Fsp3) is 1.00. The monoisotopic (exact) mass is 432 g/mol. The van der Waals surface area contributed by atoms with E-state index in [9.17, 15) is 8.78 Å². The van der Waals surface area contributed by atoms with Crippen LogP contribution in [0.25, 0.3) is 0 Å². The van der Waals surface area contributed by atoms with Crippen LogP contribution in [0, 0.1) is 16.2 Å². The molecule has 1 saturated carbocycles. The Kier molecular flexibility index (Phi) is 8.37. The zero-order chi connectivity index (χ0) is 22.8. The van der Waals surface area contributed by atoms with Crippen LogP contribution in [0.3, 0.4) is 0 Å². The van der Waals surface area contributed by atoms with E-state index in [-0.39, 0.29) is 24.5 Å². The third-order valence-corrected chi connectivity index (χ3v) is 6.57. The fourth-order valence-corrected chi connectivity index (χ4v) is 5.99. The first kappa shape index (κ1) is 26.0. The number of methoxy groups -OCH3 is 1. The van der Waals surface area contributed by atoms with E-state index in [0.29, 0.717) is 18.1 Å². The lowest BCUT2D eigenvalue weighted by Crippen LogP contribution is -2.72. The zero-order valence-electron chi connectivity index (χ0n) is 20.7. The van der Waals surface area contributed by atoms with Crippen molar-refractivity contribution < 1.29 is 18.3 Å². The molecule has 0 aromatic heterocycles. The molecule has 0 N–H and O–H groups in total. The molecule has 0 radical (unpaired) electrons. The minimum Gasteiger partial charge on any atom is -0.381 e. The average molecular weight is 433 g/mol. The Labute approximate surface area is 183 Å². The first-order valence-electron chi connectivity index (χ1n) is 11.7. The molecule has 3 rings (SSSR count). The normalized spacial score (nSPS) is 27.0. The molecule has 0 aromatic rings. The van der Waals surface area contributed by atoms with E-state index in [1.54, 1.807) is 7.11 Å². The lowest BCUT2D eigenvalue weighted by Gasteiger charge is -2.60. The van der Waals surface area contributed by atoms with Gasteiger partial charge in [0.2, 0.25) is 0 Å². The zero-order valence-corrected chi connectivity index (χ0v) is 20.7. The molecule has 0 atom stereocenters. The lowest BCUT2D eigenvalue weighted by atomic mass is 9.71. The number of halogens is 2. The fourth-order valence-electron chi connectivity index (χ4n) is 5.99. The second-order valence-corrected chi connectivity index (χ2v) is 11.6. The van der Waals surface area contributed by atoms with E-state index in [0.717, 1.165) is 45.4 Å². The van der Waals surface area contributed by atoms with Gasteiger partial charge in [-0.15, -0.1) is 0 Å². The summed E-state index contributed by atoms with van der Waals surface area (Å²) in [6.45, 7) is 16.5. The average Bonchev–Trinajstić information content (AvgIpc) is 2.49. The van der Waals surface area contributed by atoms with Crippen LogP contribution in [0.15, 0.2) is 0 Å². The maximum absolute atomic E-state index is 14.8. The van der Waals surface area contributed by atoms with Crippen molar-refractivity contribution in [2.24, 2.45) is 16.2 Å². The van der Waals surface area contributed by atoms with Gasteiger partial charge in [-0.3, -0.25) is 4.90 Å². The molecule has 30 heavy (non-hydrogen) atoms. The van der Waals surface area contributed by atoms with Crippen LogP contribution in [0.4, 0.5) is 8.78 Å². The molecule has 2 aliphatic heterocycles. The van der Waals surface area contributed by atoms with Crippen molar-refractivity contribution in [2.45, 2.75) is 85.4 Å². The predicted octanol–water partition coefficient (Wildman–Crippen LogP) is 4.92. The van der Waals surface area contributed by atoms with Crippen molar-refractivity contribution in [1.82, 2.24) is 9.80 Å². The van der Waals surface area contributed by atoms with Gasteiger partial charge in [-0.1, -0.05) is 41.5 Å². The van der Waals surface area contributed by atoms with Crippen molar-refractivity contribution >= 4 is 0 Å². The van der Waals surface area contributed by atoms with Crippen molar-refractivity contribution in [3.8, 4) is 0 Å². The Morgan fingerprint density at radius 3 is 1.97 bits per heavy atom. The quantitative estimate of drug-likeness (QED) is 0.489. The molecule has 178 valence electrons. The summed E-state index contributed by atoms with van der Waals surface area (Å²) >= 11 is 0. The molecule has 1 aliphatic carbocycles. The summed E-state index contributed by atoms with van der Waals surface area (Å²) in [5.41, 5.74) is -0.234. The summed E-state index contributed by atoms with van der Waals surface area (Å²) in [6, 6.07) is 0. The maximum atomic E-state index is 14.8. The Morgan fingerprint density at radius 2 is 1.47 bits per heavy atom. The molecule has 0 unspecified atom stereocenters. The minimum atomic E-state index is -2.64. The lowest BCUT2D eigenvalue weighted by molar-refractivity contribution is -0.150. The Bertz CT molecular complexity index is 533. The van der Waals surface area contributed by atoms with Crippen LogP contribution in [0.2, 0.25) is 0 Å². The Morgan fingerprint density at radius 1 is 0.900 bits per heavy atom. The number of rotatable bonds is 10. The second kappa shape index (κ2) is 9.68. The van der Waals surface area contributed by atoms with E-state index in [4.69, 9.17) is 9.47 Å². The highest BCUT2D eigenvalue weighted by Crippen LogP contribution is 2.44. The number of hydrogen-bond acceptors (Lipinski definition) is 4. The van der Waals surface area contributed by atoms with Gasteiger partial charge >= 0.3 is 0 Å². The molecule has 2 saturated heterocycles. The highest BCUT2D eigenvalue weighted by molar-refractivity contribution is 5.05. The number of likely N-dealkylation sites (tertiary alicyclic amines) is 2. The third-order valence-electron chi connectivity index (χ3n) is 6.57. The van der Waals surface area contributed by atoms with Gasteiger partial charge in [0.05, 0.1) is 25.4 Å². The first-order chi connectivity index (χ1) is 13.8. The van der Waals surface area contributed by atoms with Gasteiger partial charge in [0.25, 0.3) is 5.92 Å². The molecule has 3 fully saturated rings. The van der Waals surface area contributed by atoms with Crippen molar-refractivity contribution in [2.75, 3.05) is 53.5 Å². The van der Waals surface area contributed by atoms with E-state index in [1.165, 1.54) is 0 Å². The SMILES string of the molecule is CC.COC1CC(OCC(C)(C)CC(C)(C)CC(F)(F)CN2CC3(CN(C)C3)C2)C1. The summed E-state index contributed by atoms with van der Waals surface area (Å²) in [5.74, 6) is -2.64. The van der Waals surface area contributed by atoms with Crippen LogP contribution in [0.5, 0.6) is 0 Å². The van der Waals surface area contributed by atoms with Gasteiger partial charge in [-0.25, -0.2) is 8.78 Å².